The number of rotatable bonds is 4. The summed E-state index contributed by atoms with van der Waals surface area (Å²) in [5.41, 5.74) is 1.71. The molecule has 3 rings (SSSR count). The second-order valence-electron chi connectivity index (χ2n) is 4.59. The Morgan fingerprint density at radius 1 is 1.32 bits per heavy atom. The summed E-state index contributed by atoms with van der Waals surface area (Å²) < 4.78 is 13.1. The lowest BCUT2D eigenvalue weighted by atomic mass is 10.1. The second kappa shape index (κ2) is 6.02. The van der Waals surface area contributed by atoms with Gasteiger partial charge in [0, 0.05) is 16.2 Å². The van der Waals surface area contributed by atoms with Crippen molar-refractivity contribution < 1.29 is 14.3 Å². The zero-order valence-electron chi connectivity index (χ0n) is 11.4. The number of carbonyl (C=O) groups is 1. The average Bonchev–Trinajstić information content (AvgIpc) is 2.93. The first-order valence-corrected chi connectivity index (χ1v) is 8.18. The lowest BCUT2D eigenvalue weighted by Gasteiger charge is -2.12. The highest BCUT2D eigenvalue weighted by Crippen LogP contribution is 2.38. The third-order valence-electron chi connectivity index (χ3n) is 3.11. The van der Waals surface area contributed by atoms with Crippen molar-refractivity contribution in [3.05, 3.63) is 41.8 Å². The minimum Gasteiger partial charge on any atom is -0.549 e. The van der Waals surface area contributed by atoms with Crippen LogP contribution in [0, 0.1) is 5.82 Å². The largest absolute Gasteiger partial charge is 0.549 e. The molecule has 4 nitrogen and oxygen atoms in total. The summed E-state index contributed by atoms with van der Waals surface area (Å²) in [4.78, 5) is 20.1. The van der Waals surface area contributed by atoms with Gasteiger partial charge < -0.3 is 9.90 Å². The number of nitrogens with zero attached hydrogens (tertiary/aromatic N) is 2. The van der Waals surface area contributed by atoms with Gasteiger partial charge in [-0.25, -0.2) is 14.4 Å². The Morgan fingerprint density at radius 2 is 2.05 bits per heavy atom. The highest BCUT2D eigenvalue weighted by atomic mass is 32.2. The first-order chi connectivity index (χ1) is 10.6. The van der Waals surface area contributed by atoms with Crippen LogP contribution in [0.5, 0.6) is 0 Å². The fourth-order valence-corrected chi connectivity index (χ4v) is 3.84. The van der Waals surface area contributed by atoms with Crippen LogP contribution in [0.1, 0.15) is 6.92 Å². The van der Waals surface area contributed by atoms with Crippen molar-refractivity contribution in [2.45, 2.75) is 17.2 Å². The number of thioether (sulfide) groups is 1. The van der Waals surface area contributed by atoms with Gasteiger partial charge in [0.25, 0.3) is 0 Å². The number of aromatic nitrogens is 2. The van der Waals surface area contributed by atoms with E-state index in [1.165, 1.54) is 29.8 Å². The molecule has 7 heteroatoms. The van der Waals surface area contributed by atoms with Crippen molar-refractivity contribution in [3.8, 4) is 11.1 Å². The van der Waals surface area contributed by atoms with E-state index < -0.39 is 11.2 Å². The first-order valence-electron chi connectivity index (χ1n) is 6.42. The maximum Gasteiger partial charge on any atom is 0.128 e. The van der Waals surface area contributed by atoms with Crippen LogP contribution in [-0.2, 0) is 4.79 Å². The summed E-state index contributed by atoms with van der Waals surface area (Å²) >= 11 is 2.56. The van der Waals surface area contributed by atoms with Gasteiger partial charge in [-0.1, -0.05) is 23.9 Å². The first kappa shape index (κ1) is 14.9. The Morgan fingerprint density at radius 3 is 2.73 bits per heavy atom. The van der Waals surface area contributed by atoms with E-state index >= 15 is 0 Å². The molecule has 0 saturated carbocycles. The SMILES string of the molecule is CC(Sc1ncnc2scc(-c3ccc(F)cc3)c12)C(=O)[O-]. The Balaban J connectivity index is 2.12. The maximum atomic E-state index is 13.1. The molecule has 0 radical (unpaired) electrons. The number of hydrogen-bond acceptors (Lipinski definition) is 6. The normalized spacial score (nSPS) is 12.5. The van der Waals surface area contributed by atoms with Crippen LogP contribution in [0.2, 0.25) is 0 Å². The van der Waals surface area contributed by atoms with Crippen LogP contribution in [-0.4, -0.2) is 21.2 Å². The molecule has 2 heterocycles. The van der Waals surface area contributed by atoms with Crippen LogP contribution in [0.4, 0.5) is 4.39 Å². The molecule has 0 spiro atoms. The van der Waals surface area contributed by atoms with Crippen molar-refractivity contribution >= 4 is 39.3 Å². The van der Waals surface area contributed by atoms with E-state index in [0.29, 0.717) is 5.03 Å². The van der Waals surface area contributed by atoms with E-state index in [-0.39, 0.29) is 5.82 Å². The van der Waals surface area contributed by atoms with Gasteiger partial charge in [-0.15, -0.1) is 11.3 Å². The number of aliphatic carboxylic acids is 1. The van der Waals surface area contributed by atoms with Gasteiger partial charge in [0.1, 0.15) is 22.0 Å². The standard InChI is InChI=1S/C15H11FN2O2S2/c1-8(15(19)20)22-14-12-11(6-21-13(12)17-7-18-14)9-2-4-10(16)5-3-9/h2-8H,1H3,(H,19,20)/p-1. The number of fused-ring (bicyclic) bond motifs is 1. The molecule has 0 fully saturated rings. The zero-order chi connectivity index (χ0) is 15.7. The lowest BCUT2D eigenvalue weighted by molar-refractivity contribution is -0.304. The molecule has 1 aromatic carbocycles. The Bertz CT molecular complexity index is 833. The Labute approximate surface area is 134 Å². The summed E-state index contributed by atoms with van der Waals surface area (Å²) in [5, 5.41) is 13.5. The molecule has 1 unspecified atom stereocenters. The zero-order valence-corrected chi connectivity index (χ0v) is 13.1. The van der Waals surface area contributed by atoms with Crippen molar-refractivity contribution in [2.24, 2.45) is 0 Å². The minimum atomic E-state index is -1.14. The second-order valence-corrected chi connectivity index (χ2v) is 6.78. The fourth-order valence-electron chi connectivity index (χ4n) is 1.99. The summed E-state index contributed by atoms with van der Waals surface area (Å²) in [6.07, 6.45) is 1.41. The Kier molecular flexibility index (Phi) is 4.08. The molecular weight excluding hydrogens is 323 g/mol. The molecule has 1 atom stereocenters. The van der Waals surface area contributed by atoms with E-state index in [1.807, 2.05) is 5.38 Å². The fraction of sp³-hybridized carbons (Fsp3) is 0.133. The molecule has 2 aromatic heterocycles. The number of thiophene rings is 1. The van der Waals surface area contributed by atoms with E-state index in [0.717, 1.165) is 33.1 Å². The number of carboxylic acid groups (broad SMARTS) is 1. The summed E-state index contributed by atoms with van der Waals surface area (Å²) in [7, 11) is 0. The van der Waals surface area contributed by atoms with Crippen molar-refractivity contribution in [3.63, 3.8) is 0 Å². The van der Waals surface area contributed by atoms with Crippen LogP contribution in [0.25, 0.3) is 21.3 Å². The quantitative estimate of drug-likeness (QED) is 0.542. The summed E-state index contributed by atoms with van der Waals surface area (Å²) in [6, 6.07) is 6.14. The molecule has 0 amide bonds. The van der Waals surface area contributed by atoms with Crippen LogP contribution < -0.4 is 5.11 Å². The molecule has 0 aliphatic carbocycles. The van der Waals surface area contributed by atoms with Gasteiger partial charge in [-0.3, -0.25) is 0 Å². The number of halogens is 1. The number of hydrogen-bond donors (Lipinski definition) is 0. The van der Waals surface area contributed by atoms with Gasteiger partial charge >= 0.3 is 0 Å². The summed E-state index contributed by atoms with van der Waals surface area (Å²) in [6.45, 7) is 1.55. The number of carboxylic acids is 1. The topological polar surface area (TPSA) is 65.9 Å². The lowest BCUT2D eigenvalue weighted by Crippen LogP contribution is -2.31. The smallest absolute Gasteiger partial charge is 0.128 e. The minimum absolute atomic E-state index is 0.306. The van der Waals surface area contributed by atoms with Gasteiger partial charge in [0.05, 0.1) is 11.4 Å². The average molecular weight is 333 g/mol. The van der Waals surface area contributed by atoms with E-state index in [1.54, 1.807) is 19.1 Å². The van der Waals surface area contributed by atoms with Crippen molar-refractivity contribution in [2.75, 3.05) is 0 Å². The molecule has 0 aliphatic heterocycles. The highest BCUT2D eigenvalue weighted by Gasteiger charge is 2.16. The van der Waals surface area contributed by atoms with E-state index in [4.69, 9.17) is 0 Å². The van der Waals surface area contributed by atoms with Gasteiger partial charge in [-0.05, 0) is 24.6 Å². The summed E-state index contributed by atoms with van der Waals surface area (Å²) in [5.74, 6) is -1.45. The van der Waals surface area contributed by atoms with E-state index in [2.05, 4.69) is 9.97 Å². The molecule has 0 N–H and O–H groups in total. The Hall–Kier alpha value is -1.99. The highest BCUT2D eigenvalue weighted by molar-refractivity contribution is 8.00. The van der Waals surface area contributed by atoms with Crippen molar-refractivity contribution in [1.29, 1.82) is 0 Å². The van der Waals surface area contributed by atoms with Gasteiger partial charge in [0.15, 0.2) is 0 Å². The third kappa shape index (κ3) is 2.82. The predicted molar refractivity (Wildman–Crippen MR) is 83.1 cm³/mol. The number of carbonyl (C=O) groups excluding carboxylic acids is 1. The molecule has 0 bridgehead atoms. The van der Waals surface area contributed by atoms with Gasteiger partial charge in [-0.2, -0.15) is 0 Å². The molecule has 22 heavy (non-hydrogen) atoms. The van der Waals surface area contributed by atoms with Crippen LogP contribution in [0.3, 0.4) is 0 Å². The molecule has 0 saturated heterocycles. The van der Waals surface area contributed by atoms with Gasteiger partial charge in [0.2, 0.25) is 0 Å². The monoisotopic (exact) mass is 333 g/mol. The maximum absolute atomic E-state index is 13.1. The predicted octanol–water partition coefficient (Wildman–Crippen LogP) is 2.73. The molecule has 112 valence electrons. The number of benzene rings is 1. The molecule has 3 aromatic rings. The van der Waals surface area contributed by atoms with Crippen LogP contribution >= 0.6 is 23.1 Å². The van der Waals surface area contributed by atoms with E-state index in [9.17, 15) is 14.3 Å². The van der Waals surface area contributed by atoms with Crippen LogP contribution in [0.15, 0.2) is 41.0 Å². The van der Waals surface area contributed by atoms with Crippen molar-refractivity contribution in [1.82, 2.24) is 9.97 Å². The molecule has 0 aliphatic rings. The molecular formula is C15H10FN2O2S2-. The third-order valence-corrected chi connectivity index (χ3v) is 5.08.